The number of carbonyl (C=O) groups is 1. The SMILES string of the molecule is NC(=O)N(S)N1CCNCC1. The van der Waals surface area contributed by atoms with Crippen molar-refractivity contribution in [1.29, 1.82) is 0 Å². The maximum atomic E-state index is 10.6. The predicted octanol–water partition coefficient (Wildman–Crippen LogP) is -0.968. The zero-order valence-corrected chi connectivity index (χ0v) is 7.05. The lowest BCUT2D eigenvalue weighted by Crippen LogP contribution is -2.52. The molecule has 1 rings (SSSR count). The highest BCUT2D eigenvalue weighted by Crippen LogP contribution is 2.01. The molecule has 1 heterocycles. The van der Waals surface area contributed by atoms with E-state index in [0.29, 0.717) is 0 Å². The van der Waals surface area contributed by atoms with Gasteiger partial charge in [0.1, 0.15) is 0 Å². The molecule has 2 amide bonds. The van der Waals surface area contributed by atoms with Gasteiger partial charge in [0.15, 0.2) is 0 Å². The lowest BCUT2D eigenvalue weighted by molar-refractivity contribution is 0.0876. The van der Waals surface area contributed by atoms with Crippen LogP contribution in [0, 0.1) is 0 Å². The molecule has 0 aromatic carbocycles. The number of hydrazine groups is 1. The molecule has 0 aromatic rings. The van der Waals surface area contributed by atoms with Gasteiger partial charge in [-0.15, -0.1) is 0 Å². The van der Waals surface area contributed by atoms with Crippen LogP contribution in [-0.2, 0) is 0 Å². The number of nitrogens with zero attached hydrogens (tertiary/aromatic N) is 2. The summed E-state index contributed by atoms with van der Waals surface area (Å²) in [6.07, 6.45) is 0. The van der Waals surface area contributed by atoms with E-state index in [1.165, 1.54) is 0 Å². The topological polar surface area (TPSA) is 61.6 Å². The van der Waals surface area contributed by atoms with E-state index < -0.39 is 6.03 Å². The van der Waals surface area contributed by atoms with Crippen LogP contribution in [0.5, 0.6) is 0 Å². The third-order valence-corrected chi connectivity index (χ3v) is 2.01. The molecular weight excluding hydrogens is 164 g/mol. The molecule has 1 saturated heterocycles. The predicted molar refractivity (Wildman–Crippen MR) is 44.9 cm³/mol. The van der Waals surface area contributed by atoms with Crippen LogP contribution in [-0.4, -0.2) is 41.6 Å². The van der Waals surface area contributed by atoms with Crippen molar-refractivity contribution < 1.29 is 4.79 Å². The molecule has 0 unspecified atom stereocenters. The molecule has 1 fully saturated rings. The minimum atomic E-state index is -0.532. The van der Waals surface area contributed by atoms with Crippen LogP contribution in [0.3, 0.4) is 0 Å². The lowest BCUT2D eigenvalue weighted by atomic mass is 10.4. The van der Waals surface area contributed by atoms with Crippen LogP contribution >= 0.6 is 12.8 Å². The Kier molecular flexibility index (Phi) is 2.98. The van der Waals surface area contributed by atoms with E-state index >= 15 is 0 Å². The van der Waals surface area contributed by atoms with Crippen molar-refractivity contribution in [1.82, 2.24) is 14.7 Å². The number of piperazine rings is 1. The van der Waals surface area contributed by atoms with Gasteiger partial charge in [0.25, 0.3) is 0 Å². The zero-order valence-electron chi connectivity index (χ0n) is 6.16. The van der Waals surface area contributed by atoms with Gasteiger partial charge in [0, 0.05) is 26.2 Å². The number of thiol groups is 1. The Morgan fingerprint density at radius 2 is 2.09 bits per heavy atom. The van der Waals surface area contributed by atoms with Gasteiger partial charge < -0.3 is 11.1 Å². The Bertz CT molecular complexity index is 147. The van der Waals surface area contributed by atoms with Crippen LogP contribution in [0.15, 0.2) is 0 Å². The minimum Gasteiger partial charge on any atom is -0.350 e. The van der Waals surface area contributed by atoms with Crippen molar-refractivity contribution in [3.05, 3.63) is 0 Å². The van der Waals surface area contributed by atoms with Gasteiger partial charge in [-0.25, -0.2) is 9.80 Å². The van der Waals surface area contributed by atoms with E-state index in [2.05, 4.69) is 18.1 Å². The molecule has 0 radical (unpaired) electrons. The number of hydrogen-bond acceptors (Lipinski definition) is 4. The summed E-state index contributed by atoms with van der Waals surface area (Å²) in [4.78, 5) is 10.6. The van der Waals surface area contributed by atoms with E-state index in [0.717, 1.165) is 30.6 Å². The maximum Gasteiger partial charge on any atom is 0.339 e. The highest BCUT2D eigenvalue weighted by Gasteiger charge is 2.17. The molecule has 1 aliphatic rings. The average molecular weight is 176 g/mol. The molecule has 5 nitrogen and oxygen atoms in total. The van der Waals surface area contributed by atoms with Gasteiger partial charge in [-0.05, 0) is 12.8 Å². The van der Waals surface area contributed by atoms with E-state index in [4.69, 9.17) is 5.73 Å². The van der Waals surface area contributed by atoms with Crippen molar-refractivity contribution in [2.24, 2.45) is 5.73 Å². The molecule has 64 valence electrons. The average Bonchev–Trinajstić information content (AvgIpc) is 2.05. The van der Waals surface area contributed by atoms with E-state index in [1.807, 2.05) is 0 Å². The first kappa shape index (κ1) is 8.63. The number of amides is 2. The van der Waals surface area contributed by atoms with E-state index in [1.54, 1.807) is 5.01 Å². The summed E-state index contributed by atoms with van der Waals surface area (Å²) in [5.41, 5.74) is 5.02. The van der Waals surface area contributed by atoms with Gasteiger partial charge in [0.05, 0.1) is 0 Å². The van der Waals surface area contributed by atoms with Gasteiger partial charge in [-0.3, -0.25) is 0 Å². The third-order valence-electron chi connectivity index (χ3n) is 1.56. The highest BCUT2D eigenvalue weighted by atomic mass is 32.1. The number of hydrogen-bond donors (Lipinski definition) is 3. The Balaban J connectivity index is 2.38. The summed E-state index contributed by atoms with van der Waals surface area (Å²) < 4.78 is 1.15. The summed E-state index contributed by atoms with van der Waals surface area (Å²) in [5, 5.41) is 4.95. The fourth-order valence-corrected chi connectivity index (χ4v) is 1.16. The Labute approximate surface area is 71.0 Å². The van der Waals surface area contributed by atoms with Crippen LogP contribution in [0.1, 0.15) is 0 Å². The summed E-state index contributed by atoms with van der Waals surface area (Å²) in [7, 11) is 0. The number of carbonyl (C=O) groups excluding carboxylic acids is 1. The van der Waals surface area contributed by atoms with Crippen molar-refractivity contribution >= 4 is 18.8 Å². The van der Waals surface area contributed by atoms with E-state index in [9.17, 15) is 4.79 Å². The second-order valence-electron chi connectivity index (χ2n) is 2.33. The van der Waals surface area contributed by atoms with Gasteiger partial charge in [-0.2, -0.15) is 4.41 Å². The normalized spacial score (nSPS) is 19.7. The lowest BCUT2D eigenvalue weighted by Gasteiger charge is -2.32. The smallest absolute Gasteiger partial charge is 0.339 e. The first-order valence-corrected chi connectivity index (χ1v) is 3.86. The van der Waals surface area contributed by atoms with Crippen LogP contribution < -0.4 is 11.1 Å². The number of nitrogens with one attached hydrogen (secondary N) is 1. The van der Waals surface area contributed by atoms with Gasteiger partial charge in [-0.1, -0.05) is 0 Å². The van der Waals surface area contributed by atoms with Crippen LogP contribution in [0.4, 0.5) is 4.79 Å². The fraction of sp³-hybridized carbons (Fsp3) is 0.800. The zero-order chi connectivity index (χ0) is 8.27. The molecule has 0 spiro atoms. The van der Waals surface area contributed by atoms with Crippen molar-refractivity contribution in [2.75, 3.05) is 26.2 Å². The number of nitrogens with two attached hydrogens (primary N) is 1. The summed E-state index contributed by atoms with van der Waals surface area (Å²) in [5.74, 6) is 0. The molecule has 0 bridgehead atoms. The second-order valence-corrected chi connectivity index (χ2v) is 2.71. The summed E-state index contributed by atoms with van der Waals surface area (Å²) >= 11 is 3.92. The monoisotopic (exact) mass is 176 g/mol. The molecular formula is C5H12N4OS. The van der Waals surface area contributed by atoms with Crippen molar-refractivity contribution in [3.63, 3.8) is 0 Å². The second kappa shape index (κ2) is 3.80. The molecule has 0 aliphatic carbocycles. The molecule has 3 N–H and O–H groups in total. The summed E-state index contributed by atoms with van der Waals surface area (Å²) in [6.45, 7) is 3.27. The third kappa shape index (κ3) is 2.25. The fourth-order valence-electron chi connectivity index (χ4n) is 0.982. The first-order chi connectivity index (χ1) is 5.22. The Hall–Kier alpha value is -0.460. The van der Waals surface area contributed by atoms with Crippen LogP contribution in [0.2, 0.25) is 0 Å². The van der Waals surface area contributed by atoms with Crippen molar-refractivity contribution in [2.45, 2.75) is 0 Å². The number of rotatable bonds is 1. The number of urea groups is 1. The first-order valence-electron chi connectivity index (χ1n) is 3.46. The van der Waals surface area contributed by atoms with Gasteiger partial charge in [0.2, 0.25) is 0 Å². The standard InChI is InChI=1S/C5H12N4OS/c6-5(10)9(11)8-3-1-7-2-4-8/h7,11H,1-4H2,(H2,6,10). The van der Waals surface area contributed by atoms with Crippen LogP contribution in [0.25, 0.3) is 0 Å². The molecule has 6 heteroatoms. The Morgan fingerprint density at radius 3 is 2.55 bits per heavy atom. The summed E-state index contributed by atoms with van der Waals surface area (Å²) in [6, 6.07) is -0.532. The number of primary amides is 1. The Morgan fingerprint density at radius 1 is 1.55 bits per heavy atom. The highest BCUT2D eigenvalue weighted by molar-refractivity contribution is 7.78. The van der Waals surface area contributed by atoms with E-state index in [-0.39, 0.29) is 0 Å². The van der Waals surface area contributed by atoms with Crippen molar-refractivity contribution in [3.8, 4) is 0 Å². The van der Waals surface area contributed by atoms with Gasteiger partial charge >= 0.3 is 6.03 Å². The largest absolute Gasteiger partial charge is 0.350 e. The maximum absolute atomic E-state index is 10.6. The minimum absolute atomic E-state index is 0.532. The molecule has 11 heavy (non-hydrogen) atoms. The quantitative estimate of drug-likeness (QED) is 0.451. The molecule has 0 saturated carbocycles. The molecule has 1 aliphatic heterocycles. The molecule has 0 atom stereocenters. The molecule has 0 aromatic heterocycles.